The summed E-state index contributed by atoms with van der Waals surface area (Å²) >= 11 is 0. The summed E-state index contributed by atoms with van der Waals surface area (Å²) in [7, 11) is 1.74. The Balaban J connectivity index is 1.98. The van der Waals surface area contributed by atoms with Crippen LogP contribution in [0.15, 0.2) is 0 Å². The van der Waals surface area contributed by atoms with Crippen LogP contribution in [0.5, 0.6) is 0 Å². The Morgan fingerprint density at radius 1 is 1.50 bits per heavy atom. The van der Waals surface area contributed by atoms with Crippen LogP contribution in [0.3, 0.4) is 0 Å². The average Bonchev–Trinajstić information content (AvgIpc) is 2.46. The second kappa shape index (κ2) is 5.51. The summed E-state index contributed by atoms with van der Waals surface area (Å²) in [4.78, 5) is 0. The van der Waals surface area contributed by atoms with Crippen LogP contribution in [0.2, 0.25) is 0 Å². The number of ether oxygens (including phenoxy) is 1. The Morgan fingerprint density at radius 2 is 2.33 bits per heavy atom. The normalized spacial score (nSPS) is 29.5. The van der Waals surface area contributed by atoms with Crippen molar-refractivity contribution in [1.29, 1.82) is 0 Å². The predicted octanol–water partition coefficient (Wildman–Crippen LogP) is 0.492. The molecular formula is C9H20N2O. The lowest BCUT2D eigenvalue weighted by Gasteiger charge is -2.16. The van der Waals surface area contributed by atoms with E-state index in [1.165, 1.54) is 19.3 Å². The number of nitrogens with two attached hydrogens (primary N) is 1. The molecule has 1 aliphatic rings. The maximum Gasteiger partial charge on any atom is 0.0474 e. The molecule has 0 spiro atoms. The van der Waals surface area contributed by atoms with Crippen LogP contribution in [0.1, 0.15) is 25.7 Å². The fourth-order valence-corrected chi connectivity index (χ4v) is 1.75. The lowest BCUT2D eigenvalue weighted by Crippen LogP contribution is -2.41. The topological polar surface area (TPSA) is 47.3 Å². The van der Waals surface area contributed by atoms with Crippen molar-refractivity contribution < 1.29 is 4.74 Å². The number of hydrogen-bond donors (Lipinski definition) is 2. The predicted molar refractivity (Wildman–Crippen MR) is 50.1 cm³/mol. The van der Waals surface area contributed by atoms with Crippen molar-refractivity contribution in [2.45, 2.75) is 37.8 Å². The molecular weight excluding hydrogens is 152 g/mol. The van der Waals surface area contributed by atoms with Gasteiger partial charge < -0.3 is 15.8 Å². The SMILES string of the molecule is COCCCN[C@@H]1CCC[C@@H]1N. The van der Waals surface area contributed by atoms with Gasteiger partial charge in [0.05, 0.1) is 0 Å². The molecule has 0 saturated heterocycles. The summed E-state index contributed by atoms with van der Waals surface area (Å²) < 4.78 is 4.96. The van der Waals surface area contributed by atoms with E-state index in [2.05, 4.69) is 5.32 Å². The zero-order chi connectivity index (χ0) is 8.81. The molecule has 1 aliphatic carbocycles. The molecule has 0 heterocycles. The highest BCUT2D eigenvalue weighted by atomic mass is 16.5. The van der Waals surface area contributed by atoms with Gasteiger partial charge >= 0.3 is 0 Å². The van der Waals surface area contributed by atoms with E-state index in [0.29, 0.717) is 12.1 Å². The molecule has 1 rings (SSSR count). The van der Waals surface area contributed by atoms with Crippen molar-refractivity contribution in [3.63, 3.8) is 0 Å². The van der Waals surface area contributed by atoms with E-state index < -0.39 is 0 Å². The Morgan fingerprint density at radius 3 is 2.92 bits per heavy atom. The van der Waals surface area contributed by atoms with Gasteiger partial charge in [-0.15, -0.1) is 0 Å². The Kier molecular flexibility index (Phi) is 4.58. The van der Waals surface area contributed by atoms with Crippen LogP contribution in [-0.2, 0) is 4.74 Å². The second-order valence-corrected chi connectivity index (χ2v) is 3.50. The van der Waals surface area contributed by atoms with Crippen molar-refractivity contribution in [3.8, 4) is 0 Å². The molecule has 12 heavy (non-hydrogen) atoms. The minimum Gasteiger partial charge on any atom is -0.385 e. The third-order valence-corrected chi connectivity index (χ3v) is 2.50. The fourth-order valence-electron chi connectivity index (χ4n) is 1.75. The van der Waals surface area contributed by atoms with Gasteiger partial charge in [-0.3, -0.25) is 0 Å². The van der Waals surface area contributed by atoms with Crippen LogP contribution < -0.4 is 11.1 Å². The molecule has 0 unspecified atom stereocenters. The first-order valence-corrected chi connectivity index (χ1v) is 4.82. The van der Waals surface area contributed by atoms with Gasteiger partial charge in [0.2, 0.25) is 0 Å². The van der Waals surface area contributed by atoms with E-state index in [-0.39, 0.29) is 0 Å². The summed E-state index contributed by atoms with van der Waals surface area (Å²) in [6, 6.07) is 0.939. The number of rotatable bonds is 5. The molecule has 3 N–H and O–H groups in total. The molecule has 0 aliphatic heterocycles. The molecule has 0 aromatic carbocycles. The number of methoxy groups -OCH3 is 1. The second-order valence-electron chi connectivity index (χ2n) is 3.50. The molecule has 1 fully saturated rings. The highest BCUT2D eigenvalue weighted by molar-refractivity contribution is 4.85. The van der Waals surface area contributed by atoms with Gasteiger partial charge in [0.1, 0.15) is 0 Å². The summed E-state index contributed by atoms with van der Waals surface area (Å²) in [5, 5.41) is 3.46. The van der Waals surface area contributed by atoms with Gasteiger partial charge in [-0.25, -0.2) is 0 Å². The van der Waals surface area contributed by atoms with Gasteiger partial charge in [0, 0.05) is 25.8 Å². The van der Waals surface area contributed by atoms with Gasteiger partial charge in [0.25, 0.3) is 0 Å². The minimum absolute atomic E-state index is 0.382. The van der Waals surface area contributed by atoms with Crippen molar-refractivity contribution >= 4 is 0 Å². The Hall–Kier alpha value is -0.120. The van der Waals surface area contributed by atoms with Crippen molar-refractivity contribution in [3.05, 3.63) is 0 Å². The molecule has 1 saturated carbocycles. The minimum atomic E-state index is 0.382. The van der Waals surface area contributed by atoms with Crippen LogP contribution >= 0.6 is 0 Å². The van der Waals surface area contributed by atoms with E-state index in [1.807, 2.05) is 0 Å². The average molecular weight is 172 g/mol. The maximum absolute atomic E-state index is 5.90. The molecule has 0 aromatic heterocycles. The summed E-state index contributed by atoms with van der Waals surface area (Å²) in [6.45, 7) is 1.88. The zero-order valence-electron chi connectivity index (χ0n) is 7.88. The van der Waals surface area contributed by atoms with E-state index in [4.69, 9.17) is 10.5 Å². The van der Waals surface area contributed by atoms with Crippen LogP contribution in [0, 0.1) is 0 Å². The first kappa shape index (κ1) is 9.96. The van der Waals surface area contributed by atoms with E-state index in [0.717, 1.165) is 19.6 Å². The number of nitrogens with one attached hydrogen (secondary N) is 1. The van der Waals surface area contributed by atoms with E-state index >= 15 is 0 Å². The standard InChI is InChI=1S/C9H20N2O/c1-12-7-3-6-11-9-5-2-4-8(9)10/h8-9,11H,2-7,10H2,1H3/t8-,9+/m0/s1. The maximum atomic E-state index is 5.90. The van der Waals surface area contributed by atoms with Gasteiger partial charge in [0.15, 0.2) is 0 Å². The summed E-state index contributed by atoms with van der Waals surface area (Å²) in [5.74, 6) is 0. The highest BCUT2D eigenvalue weighted by Crippen LogP contribution is 2.16. The smallest absolute Gasteiger partial charge is 0.0474 e. The summed E-state index contributed by atoms with van der Waals surface area (Å²) in [5.41, 5.74) is 5.90. The molecule has 3 nitrogen and oxygen atoms in total. The monoisotopic (exact) mass is 172 g/mol. The van der Waals surface area contributed by atoms with E-state index in [1.54, 1.807) is 7.11 Å². The third-order valence-electron chi connectivity index (χ3n) is 2.50. The van der Waals surface area contributed by atoms with Crippen LogP contribution in [-0.4, -0.2) is 32.3 Å². The first-order valence-electron chi connectivity index (χ1n) is 4.82. The fraction of sp³-hybridized carbons (Fsp3) is 1.00. The molecule has 3 heteroatoms. The zero-order valence-corrected chi connectivity index (χ0v) is 7.88. The Labute approximate surface area is 74.7 Å². The molecule has 0 radical (unpaired) electrons. The number of hydrogen-bond acceptors (Lipinski definition) is 3. The van der Waals surface area contributed by atoms with Gasteiger partial charge in [-0.1, -0.05) is 6.42 Å². The lowest BCUT2D eigenvalue weighted by atomic mass is 10.2. The Bertz CT molecular complexity index is 119. The third kappa shape index (κ3) is 3.09. The van der Waals surface area contributed by atoms with Crippen molar-refractivity contribution in [2.75, 3.05) is 20.3 Å². The van der Waals surface area contributed by atoms with Gasteiger partial charge in [-0.2, -0.15) is 0 Å². The van der Waals surface area contributed by atoms with Crippen LogP contribution in [0.4, 0.5) is 0 Å². The van der Waals surface area contributed by atoms with E-state index in [9.17, 15) is 0 Å². The highest BCUT2D eigenvalue weighted by Gasteiger charge is 2.22. The molecule has 0 amide bonds. The first-order chi connectivity index (χ1) is 5.84. The molecule has 2 atom stereocenters. The van der Waals surface area contributed by atoms with Crippen LogP contribution in [0.25, 0.3) is 0 Å². The van der Waals surface area contributed by atoms with Gasteiger partial charge in [-0.05, 0) is 25.8 Å². The van der Waals surface area contributed by atoms with Crippen molar-refractivity contribution in [1.82, 2.24) is 5.32 Å². The molecule has 0 bridgehead atoms. The lowest BCUT2D eigenvalue weighted by molar-refractivity contribution is 0.193. The summed E-state index contributed by atoms with van der Waals surface area (Å²) in [6.07, 6.45) is 4.79. The molecule has 0 aromatic rings. The molecule has 72 valence electrons. The largest absolute Gasteiger partial charge is 0.385 e. The quantitative estimate of drug-likeness (QED) is 0.593. The van der Waals surface area contributed by atoms with Crippen molar-refractivity contribution in [2.24, 2.45) is 5.73 Å².